The van der Waals surface area contributed by atoms with Gasteiger partial charge in [0.1, 0.15) is 0 Å². The molecular weight excluding hydrogens is 398 g/mol. The number of para-hydroxylation sites is 1. The van der Waals surface area contributed by atoms with Crippen molar-refractivity contribution < 1.29 is 13.2 Å². The maximum Gasteiger partial charge on any atom is 0.319 e. The van der Waals surface area contributed by atoms with Crippen molar-refractivity contribution in [3.63, 3.8) is 0 Å². The summed E-state index contributed by atoms with van der Waals surface area (Å²) < 4.78 is 28.3. The Bertz CT molecular complexity index is 1130. The van der Waals surface area contributed by atoms with Crippen molar-refractivity contribution in [2.45, 2.75) is 30.2 Å². The summed E-state index contributed by atoms with van der Waals surface area (Å²) in [4.78, 5) is 12.5. The van der Waals surface area contributed by atoms with Gasteiger partial charge in [0.25, 0.3) is 0 Å². The van der Waals surface area contributed by atoms with Crippen LogP contribution in [0.1, 0.15) is 19.3 Å². The van der Waals surface area contributed by atoms with Crippen LogP contribution in [-0.4, -0.2) is 37.9 Å². The number of sulfonamides is 1. The zero-order valence-corrected chi connectivity index (χ0v) is 17.4. The number of carbonyl (C=O) groups is 1. The van der Waals surface area contributed by atoms with Crippen LogP contribution < -0.4 is 10.6 Å². The molecule has 7 heteroatoms. The predicted octanol–water partition coefficient (Wildman–Crippen LogP) is 4.20. The SMILES string of the molecule is O=C(NCC1CCCCN1S(=O)(=O)c1ccc2ccccc2c1)Nc1ccccc1. The fraction of sp³-hybridized carbons (Fsp3) is 0.261. The van der Waals surface area contributed by atoms with E-state index in [0.29, 0.717) is 17.1 Å². The van der Waals surface area contributed by atoms with Gasteiger partial charge in [-0.25, -0.2) is 13.2 Å². The molecule has 1 unspecified atom stereocenters. The number of amides is 2. The van der Waals surface area contributed by atoms with Crippen LogP contribution >= 0.6 is 0 Å². The molecular formula is C23H25N3O3S. The van der Waals surface area contributed by atoms with Gasteiger partial charge in [0.2, 0.25) is 10.0 Å². The lowest BCUT2D eigenvalue weighted by atomic mass is 10.1. The highest BCUT2D eigenvalue weighted by Gasteiger charge is 2.33. The van der Waals surface area contributed by atoms with Crippen molar-refractivity contribution in [3.8, 4) is 0 Å². The molecule has 0 spiro atoms. The number of hydrogen-bond acceptors (Lipinski definition) is 3. The summed E-state index contributed by atoms with van der Waals surface area (Å²) in [5, 5.41) is 7.50. The molecule has 3 aromatic rings. The molecule has 1 fully saturated rings. The van der Waals surface area contributed by atoms with Gasteiger partial charge in [0.15, 0.2) is 0 Å². The summed E-state index contributed by atoms with van der Waals surface area (Å²) in [6, 6.07) is 21.5. The Morgan fingerprint density at radius 2 is 1.67 bits per heavy atom. The summed E-state index contributed by atoms with van der Waals surface area (Å²) in [5.74, 6) is 0. The van der Waals surface area contributed by atoms with Crippen molar-refractivity contribution in [3.05, 3.63) is 72.8 Å². The topological polar surface area (TPSA) is 78.5 Å². The first kappa shape index (κ1) is 20.4. The van der Waals surface area contributed by atoms with Gasteiger partial charge >= 0.3 is 6.03 Å². The molecule has 3 aromatic carbocycles. The minimum atomic E-state index is -3.65. The van der Waals surface area contributed by atoms with Crippen molar-refractivity contribution in [2.24, 2.45) is 0 Å². The lowest BCUT2D eigenvalue weighted by Crippen LogP contribution is -2.49. The van der Waals surface area contributed by atoms with E-state index in [1.165, 1.54) is 0 Å². The van der Waals surface area contributed by atoms with Gasteiger partial charge in [0.05, 0.1) is 4.90 Å². The monoisotopic (exact) mass is 423 g/mol. The standard InChI is InChI=1S/C23H25N3O3S/c27-23(25-20-10-2-1-3-11-20)24-17-21-12-6-7-15-26(21)30(28,29)22-14-13-18-8-4-5-9-19(18)16-22/h1-5,8-11,13-14,16,21H,6-7,12,15,17H2,(H2,24,25,27). The van der Waals surface area contributed by atoms with E-state index in [-0.39, 0.29) is 18.6 Å². The fourth-order valence-corrected chi connectivity index (χ4v) is 5.59. The van der Waals surface area contributed by atoms with Crippen LogP contribution in [0.4, 0.5) is 10.5 Å². The number of rotatable bonds is 5. The summed E-state index contributed by atoms with van der Waals surface area (Å²) in [7, 11) is -3.65. The molecule has 0 bridgehead atoms. The smallest absolute Gasteiger partial charge is 0.319 e. The Morgan fingerprint density at radius 3 is 2.47 bits per heavy atom. The minimum absolute atomic E-state index is 0.267. The van der Waals surface area contributed by atoms with Crippen LogP contribution in [0.2, 0.25) is 0 Å². The summed E-state index contributed by atoms with van der Waals surface area (Å²) in [5.41, 5.74) is 0.694. The van der Waals surface area contributed by atoms with Gasteiger partial charge in [-0.15, -0.1) is 0 Å². The maximum atomic E-state index is 13.4. The second kappa shape index (κ2) is 8.85. The highest BCUT2D eigenvalue weighted by Crippen LogP contribution is 2.27. The van der Waals surface area contributed by atoms with Crippen molar-refractivity contribution >= 4 is 32.5 Å². The highest BCUT2D eigenvalue weighted by atomic mass is 32.2. The number of benzene rings is 3. The van der Waals surface area contributed by atoms with Crippen LogP contribution in [0.5, 0.6) is 0 Å². The molecule has 0 aliphatic carbocycles. The van der Waals surface area contributed by atoms with E-state index in [2.05, 4.69) is 10.6 Å². The Balaban J connectivity index is 1.48. The van der Waals surface area contributed by atoms with Gasteiger partial charge in [0, 0.05) is 24.8 Å². The van der Waals surface area contributed by atoms with Crippen LogP contribution in [-0.2, 0) is 10.0 Å². The number of carbonyl (C=O) groups excluding carboxylic acids is 1. The fourth-order valence-electron chi connectivity index (χ4n) is 3.87. The third-order valence-electron chi connectivity index (χ3n) is 5.43. The Hall–Kier alpha value is -2.90. The molecule has 1 saturated heterocycles. The van der Waals surface area contributed by atoms with Crippen molar-refractivity contribution in [1.82, 2.24) is 9.62 Å². The van der Waals surface area contributed by atoms with Crippen LogP contribution in [0.3, 0.4) is 0 Å². The Morgan fingerprint density at radius 1 is 0.933 bits per heavy atom. The van der Waals surface area contributed by atoms with E-state index in [1.807, 2.05) is 48.5 Å². The number of urea groups is 1. The molecule has 1 heterocycles. The zero-order chi connectivity index (χ0) is 21.0. The highest BCUT2D eigenvalue weighted by molar-refractivity contribution is 7.89. The molecule has 2 amide bonds. The van der Waals surface area contributed by atoms with Gasteiger partial charge in [-0.05, 0) is 47.9 Å². The number of fused-ring (bicyclic) bond motifs is 1. The quantitative estimate of drug-likeness (QED) is 0.645. The van der Waals surface area contributed by atoms with Crippen LogP contribution in [0.15, 0.2) is 77.7 Å². The number of nitrogens with one attached hydrogen (secondary N) is 2. The Labute approximate surface area is 177 Å². The van der Waals surface area contributed by atoms with Gasteiger partial charge in [-0.1, -0.05) is 55.0 Å². The number of hydrogen-bond donors (Lipinski definition) is 2. The predicted molar refractivity (Wildman–Crippen MR) is 119 cm³/mol. The van der Waals surface area contributed by atoms with Crippen molar-refractivity contribution in [2.75, 3.05) is 18.4 Å². The summed E-state index contributed by atoms with van der Waals surface area (Å²) in [6.07, 6.45) is 2.48. The molecule has 0 aromatic heterocycles. The number of anilines is 1. The molecule has 156 valence electrons. The lowest BCUT2D eigenvalue weighted by Gasteiger charge is -2.34. The van der Waals surface area contributed by atoms with Gasteiger partial charge in [-0.3, -0.25) is 0 Å². The number of nitrogens with zero attached hydrogens (tertiary/aromatic N) is 1. The van der Waals surface area contributed by atoms with Crippen LogP contribution in [0, 0.1) is 0 Å². The van der Waals surface area contributed by atoms with E-state index in [0.717, 1.165) is 30.0 Å². The third kappa shape index (κ3) is 4.47. The molecule has 1 aliphatic heterocycles. The van der Waals surface area contributed by atoms with E-state index in [4.69, 9.17) is 0 Å². The Kier molecular flexibility index (Phi) is 6.01. The van der Waals surface area contributed by atoms with E-state index >= 15 is 0 Å². The van der Waals surface area contributed by atoms with Crippen LogP contribution in [0.25, 0.3) is 10.8 Å². The minimum Gasteiger partial charge on any atom is -0.336 e. The van der Waals surface area contributed by atoms with Gasteiger partial charge in [-0.2, -0.15) is 4.31 Å². The third-order valence-corrected chi connectivity index (χ3v) is 7.38. The second-order valence-corrected chi connectivity index (χ2v) is 9.37. The zero-order valence-electron chi connectivity index (χ0n) is 16.6. The van der Waals surface area contributed by atoms with Gasteiger partial charge < -0.3 is 10.6 Å². The lowest BCUT2D eigenvalue weighted by molar-refractivity contribution is 0.231. The molecule has 30 heavy (non-hydrogen) atoms. The second-order valence-electron chi connectivity index (χ2n) is 7.48. The molecule has 1 aliphatic rings. The molecule has 0 radical (unpaired) electrons. The molecule has 4 rings (SSSR count). The summed E-state index contributed by atoms with van der Waals surface area (Å²) in [6.45, 7) is 0.729. The maximum absolute atomic E-state index is 13.4. The molecule has 1 atom stereocenters. The normalized spacial score (nSPS) is 17.5. The number of piperidine rings is 1. The summed E-state index contributed by atoms with van der Waals surface area (Å²) >= 11 is 0. The molecule has 6 nitrogen and oxygen atoms in total. The molecule has 0 saturated carbocycles. The first-order chi connectivity index (χ1) is 14.5. The first-order valence-corrected chi connectivity index (χ1v) is 11.6. The van der Waals surface area contributed by atoms with E-state index in [1.54, 1.807) is 28.6 Å². The largest absolute Gasteiger partial charge is 0.336 e. The van der Waals surface area contributed by atoms with E-state index in [9.17, 15) is 13.2 Å². The average molecular weight is 424 g/mol. The van der Waals surface area contributed by atoms with E-state index < -0.39 is 10.0 Å². The first-order valence-electron chi connectivity index (χ1n) is 10.1. The van der Waals surface area contributed by atoms with Crippen molar-refractivity contribution in [1.29, 1.82) is 0 Å². The molecule has 2 N–H and O–H groups in total. The average Bonchev–Trinajstić information content (AvgIpc) is 2.78.